The third-order valence-electron chi connectivity index (χ3n) is 7.98. The van der Waals surface area contributed by atoms with Gasteiger partial charge in [-0.15, -0.1) is 0 Å². The Kier molecular flexibility index (Phi) is 11.8. The Morgan fingerprint density at radius 2 is 1.75 bits per heavy atom. The molecule has 0 radical (unpaired) electrons. The van der Waals surface area contributed by atoms with Gasteiger partial charge in [-0.1, -0.05) is 82.7 Å². The van der Waals surface area contributed by atoms with Crippen LogP contribution in [-0.4, -0.2) is 60.5 Å². The zero-order chi connectivity index (χ0) is 29.3. The van der Waals surface area contributed by atoms with Crippen LogP contribution in [-0.2, 0) is 30.4 Å². The topological polar surface area (TPSA) is 106 Å². The molecule has 9 heteroatoms. The fraction of sp³-hybridized carbons (Fsp3) is 0.710. The van der Waals surface area contributed by atoms with Gasteiger partial charge in [-0.3, -0.25) is 9.63 Å². The number of hydrogen-bond acceptors (Lipinski definition) is 7. The molecule has 4 unspecified atom stereocenters. The van der Waals surface area contributed by atoms with Crippen molar-refractivity contribution in [2.24, 2.45) is 17.8 Å². The average molecular weight is 560 g/mol. The van der Waals surface area contributed by atoms with E-state index in [0.29, 0.717) is 31.8 Å². The fourth-order valence-corrected chi connectivity index (χ4v) is 5.66. The van der Waals surface area contributed by atoms with E-state index in [1.54, 1.807) is 5.06 Å². The highest BCUT2D eigenvalue weighted by Crippen LogP contribution is 2.33. The first-order chi connectivity index (χ1) is 19.0. The molecular formula is C31H49N3O6. The van der Waals surface area contributed by atoms with Gasteiger partial charge in [0.15, 0.2) is 0 Å². The van der Waals surface area contributed by atoms with E-state index in [1.807, 2.05) is 65.0 Å². The molecule has 1 saturated carbocycles. The molecule has 1 aliphatic heterocycles. The van der Waals surface area contributed by atoms with Crippen molar-refractivity contribution >= 4 is 18.0 Å². The Labute approximate surface area is 239 Å². The largest absolute Gasteiger partial charge is 0.467 e. The Hall–Kier alpha value is -2.65. The Morgan fingerprint density at radius 1 is 1.07 bits per heavy atom. The summed E-state index contributed by atoms with van der Waals surface area (Å²) in [6.07, 6.45) is 5.97. The third kappa shape index (κ3) is 9.47. The molecule has 2 amide bonds. The van der Waals surface area contributed by atoms with Gasteiger partial charge in [-0.05, 0) is 44.6 Å². The molecule has 0 aromatic heterocycles. The van der Waals surface area contributed by atoms with Crippen LogP contribution in [0.1, 0.15) is 85.1 Å². The molecule has 2 N–H and O–H groups in total. The molecule has 1 aliphatic carbocycles. The summed E-state index contributed by atoms with van der Waals surface area (Å²) in [6, 6.07) is 8.73. The maximum absolute atomic E-state index is 13.8. The van der Waals surface area contributed by atoms with Gasteiger partial charge in [0.25, 0.3) is 0 Å². The highest BCUT2D eigenvalue weighted by molar-refractivity contribution is 5.86. The minimum Gasteiger partial charge on any atom is -0.467 e. The lowest BCUT2D eigenvalue weighted by Crippen LogP contribution is -2.54. The van der Waals surface area contributed by atoms with Gasteiger partial charge in [-0.2, -0.15) is 5.06 Å². The second kappa shape index (κ2) is 14.8. The van der Waals surface area contributed by atoms with E-state index in [1.165, 1.54) is 13.5 Å². The van der Waals surface area contributed by atoms with Gasteiger partial charge in [0, 0.05) is 13.1 Å². The summed E-state index contributed by atoms with van der Waals surface area (Å²) in [5.41, 5.74) is 0.397. The van der Waals surface area contributed by atoms with E-state index in [2.05, 4.69) is 10.6 Å². The number of esters is 1. The highest BCUT2D eigenvalue weighted by atomic mass is 16.7. The Morgan fingerprint density at radius 3 is 2.35 bits per heavy atom. The number of hydrogen-bond donors (Lipinski definition) is 2. The van der Waals surface area contributed by atoms with Crippen molar-refractivity contribution < 1.29 is 28.7 Å². The first kappa shape index (κ1) is 31.9. The molecule has 9 nitrogen and oxygen atoms in total. The predicted molar refractivity (Wildman–Crippen MR) is 153 cm³/mol. The molecule has 1 saturated heterocycles. The molecule has 0 spiro atoms. The lowest BCUT2D eigenvalue weighted by atomic mass is 9.81. The maximum atomic E-state index is 13.8. The van der Waals surface area contributed by atoms with E-state index < -0.39 is 41.8 Å². The molecule has 1 heterocycles. The van der Waals surface area contributed by atoms with Crippen molar-refractivity contribution in [3.8, 4) is 0 Å². The van der Waals surface area contributed by atoms with Crippen molar-refractivity contribution in [1.29, 1.82) is 0 Å². The lowest BCUT2D eigenvalue weighted by Gasteiger charge is -2.33. The molecule has 0 bridgehead atoms. The number of methoxy groups -OCH3 is 1. The maximum Gasteiger partial charge on any atom is 0.407 e. The zero-order valence-corrected chi connectivity index (χ0v) is 25.1. The summed E-state index contributed by atoms with van der Waals surface area (Å²) < 4.78 is 10.6. The first-order valence-corrected chi connectivity index (χ1v) is 14.8. The van der Waals surface area contributed by atoms with Crippen LogP contribution in [0.5, 0.6) is 0 Å². The van der Waals surface area contributed by atoms with E-state index >= 15 is 0 Å². The van der Waals surface area contributed by atoms with E-state index in [9.17, 15) is 14.4 Å². The van der Waals surface area contributed by atoms with Crippen molar-refractivity contribution in [2.75, 3.05) is 13.7 Å². The molecular weight excluding hydrogens is 510 g/mol. The second-order valence-corrected chi connectivity index (χ2v) is 12.4. The number of nitrogens with zero attached hydrogens (tertiary/aromatic N) is 1. The van der Waals surface area contributed by atoms with Crippen LogP contribution in [0, 0.1) is 17.8 Å². The summed E-state index contributed by atoms with van der Waals surface area (Å²) in [4.78, 5) is 45.9. The van der Waals surface area contributed by atoms with Crippen LogP contribution < -0.4 is 10.6 Å². The number of rotatable bonds is 11. The van der Waals surface area contributed by atoms with Crippen LogP contribution in [0.3, 0.4) is 0 Å². The Balaban J connectivity index is 1.88. The number of nitrogens with one attached hydrogen (secondary N) is 2. The van der Waals surface area contributed by atoms with Crippen molar-refractivity contribution in [2.45, 2.75) is 110 Å². The lowest BCUT2D eigenvalue weighted by molar-refractivity contribution is -0.164. The summed E-state index contributed by atoms with van der Waals surface area (Å²) in [6.45, 7) is 10.2. The number of carbonyl (C=O) groups excluding carboxylic acids is 3. The SMILES string of the molecule is CCC(C)[C@H](NC(=O)C1CN(Cc2ccccc2)OC1C(CC1CCCCC1)NC(=O)OC(C)(C)C)C(=O)OC. The minimum absolute atomic E-state index is 0.101. The standard InChI is InChI=1S/C31H49N3O6/c1-7-21(2)26(29(36)38-6)33-28(35)24-20-34(19-23-16-12-9-13-17-23)40-27(24)25(18-22-14-10-8-11-15-22)32-30(37)39-31(3,4)5/h9,12-13,16-17,21-22,24-27H,7-8,10-11,14-15,18-20H2,1-6H3,(H,32,37)(H,33,35)/t21?,24?,25?,26-,27?/m0/s1. The average Bonchev–Trinajstić information content (AvgIpc) is 3.34. The summed E-state index contributed by atoms with van der Waals surface area (Å²) in [5.74, 6) is -1.04. The highest BCUT2D eigenvalue weighted by Gasteiger charge is 2.46. The first-order valence-electron chi connectivity index (χ1n) is 14.8. The van der Waals surface area contributed by atoms with Gasteiger partial charge in [0.1, 0.15) is 17.7 Å². The van der Waals surface area contributed by atoms with Gasteiger partial charge >= 0.3 is 12.1 Å². The molecule has 2 aliphatic rings. The summed E-state index contributed by atoms with van der Waals surface area (Å²) in [5, 5.41) is 7.83. The summed E-state index contributed by atoms with van der Waals surface area (Å²) in [7, 11) is 1.33. The molecule has 40 heavy (non-hydrogen) atoms. The van der Waals surface area contributed by atoms with Crippen molar-refractivity contribution in [3.05, 3.63) is 35.9 Å². The van der Waals surface area contributed by atoms with E-state index in [-0.39, 0.29) is 11.8 Å². The minimum atomic E-state index is -0.762. The summed E-state index contributed by atoms with van der Waals surface area (Å²) >= 11 is 0. The van der Waals surface area contributed by atoms with E-state index in [4.69, 9.17) is 14.3 Å². The van der Waals surface area contributed by atoms with Crippen LogP contribution >= 0.6 is 0 Å². The van der Waals surface area contributed by atoms with Crippen LogP contribution in [0.15, 0.2) is 30.3 Å². The molecule has 3 rings (SSSR count). The molecule has 1 aromatic rings. The van der Waals surface area contributed by atoms with Crippen LogP contribution in [0.25, 0.3) is 0 Å². The van der Waals surface area contributed by atoms with Gasteiger partial charge in [0.2, 0.25) is 5.91 Å². The number of alkyl carbamates (subject to hydrolysis) is 1. The number of hydroxylamine groups is 2. The predicted octanol–water partition coefficient (Wildman–Crippen LogP) is 4.99. The third-order valence-corrected chi connectivity index (χ3v) is 7.98. The fourth-order valence-electron chi connectivity index (χ4n) is 5.66. The van der Waals surface area contributed by atoms with Crippen LogP contribution in [0.4, 0.5) is 4.79 Å². The van der Waals surface area contributed by atoms with E-state index in [0.717, 1.165) is 31.2 Å². The number of benzene rings is 1. The monoisotopic (exact) mass is 559 g/mol. The van der Waals surface area contributed by atoms with Crippen molar-refractivity contribution in [3.63, 3.8) is 0 Å². The zero-order valence-electron chi connectivity index (χ0n) is 25.1. The van der Waals surface area contributed by atoms with Gasteiger partial charge < -0.3 is 20.1 Å². The van der Waals surface area contributed by atoms with Gasteiger partial charge in [-0.25, -0.2) is 9.59 Å². The molecule has 5 atom stereocenters. The number of carbonyl (C=O) groups is 3. The number of amides is 2. The molecule has 2 fully saturated rings. The Bertz CT molecular complexity index is 960. The van der Waals surface area contributed by atoms with Crippen LogP contribution in [0.2, 0.25) is 0 Å². The quantitative estimate of drug-likeness (QED) is 0.368. The second-order valence-electron chi connectivity index (χ2n) is 12.4. The smallest absolute Gasteiger partial charge is 0.407 e. The van der Waals surface area contributed by atoms with Gasteiger partial charge in [0.05, 0.1) is 19.1 Å². The van der Waals surface area contributed by atoms with Crippen molar-refractivity contribution in [1.82, 2.24) is 15.7 Å². The molecule has 1 aromatic carbocycles. The molecule has 224 valence electrons. The normalized spacial score (nSPS) is 22.6. The number of ether oxygens (including phenoxy) is 2.